The van der Waals surface area contributed by atoms with E-state index in [1.807, 2.05) is 36.4 Å². The first kappa shape index (κ1) is 12.3. The highest BCUT2D eigenvalue weighted by atomic mass is 16.7. The Morgan fingerprint density at radius 1 is 0.667 bits per heavy atom. The van der Waals surface area contributed by atoms with E-state index in [0.29, 0.717) is 13.6 Å². The van der Waals surface area contributed by atoms with Crippen LogP contribution in [0.3, 0.4) is 0 Å². The standard InChI is InChI=1S/C16H15NO4/c1-3-13-15(20-9-18-13)5-11(1)7-17-8-12-2-4-14-16(6-12)21-10-19-14/h1-6,17H,7-10H2. The molecule has 0 bridgehead atoms. The lowest BCUT2D eigenvalue weighted by Crippen LogP contribution is -2.12. The summed E-state index contributed by atoms with van der Waals surface area (Å²) in [6, 6.07) is 12.0. The van der Waals surface area contributed by atoms with E-state index in [9.17, 15) is 0 Å². The predicted molar refractivity (Wildman–Crippen MR) is 75.7 cm³/mol. The van der Waals surface area contributed by atoms with Crippen molar-refractivity contribution in [1.82, 2.24) is 5.32 Å². The van der Waals surface area contributed by atoms with Crippen LogP contribution < -0.4 is 24.3 Å². The molecule has 0 radical (unpaired) electrons. The third-order valence-electron chi connectivity index (χ3n) is 3.53. The molecule has 2 heterocycles. The van der Waals surface area contributed by atoms with Gasteiger partial charge in [-0.15, -0.1) is 0 Å². The van der Waals surface area contributed by atoms with E-state index in [1.54, 1.807) is 0 Å². The molecule has 0 spiro atoms. The Hall–Kier alpha value is -2.40. The van der Waals surface area contributed by atoms with Gasteiger partial charge in [-0.3, -0.25) is 0 Å². The number of benzene rings is 2. The SMILES string of the molecule is c1cc2c(cc1CNCc1ccc3c(c1)OCO3)OCO2. The summed E-state index contributed by atoms with van der Waals surface area (Å²) in [6.45, 7) is 2.16. The monoisotopic (exact) mass is 285 g/mol. The van der Waals surface area contributed by atoms with Gasteiger partial charge >= 0.3 is 0 Å². The summed E-state index contributed by atoms with van der Waals surface area (Å²) in [7, 11) is 0. The molecule has 1 N–H and O–H groups in total. The Kier molecular flexibility index (Phi) is 3.05. The van der Waals surface area contributed by atoms with Gasteiger partial charge in [-0.2, -0.15) is 0 Å². The number of rotatable bonds is 4. The first-order valence-electron chi connectivity index (χ1n) is 6.86. The Labute approximate surface area is 122 Å². The van der Waals surface area contributed by atoms with E-state index in [0.717, 1.165) is 36.1 Å². The van der Waals surface area contributed by atoms with Crippen molar-refractivity contribution >= 4 is 0 Å². The maximum Gasteiger partial charge on any atom is 0.231 e. The fourth-order valence-corrected chi connectivity index (χ4v) is 2.45. The highest BCUT2D eigenvalue weighted by Crippen LogP contribution is 2.33. The maximum atomic E-state index is 5.37. The van der Waals surface area contributed by atoms with Crippen molar-refractivity contribution in [3.8, 4) is 23.0 Å². The van der Waals surface area contributed by atoms with Crippen LogP contribution in [0.2, 0.25) is 0 Å². The molecule has 0 unspecified atom stereocenters. The lowest BCUT2D eigenvalue weighted by atomic mass is 10.1. The van der Waals surface area contributed by atoms with Gasteiger partial charge in [-0.05, 0) is 35.4 Å². The van der Waals surface area contributed by atoms with Crippen molar-refractivity contribution in [1.29, 1.82) is 0 Å². The number of ether oxygens (including phenoxy) is 4. The third kappa shape index (κ3) is 2.48. The molecule has 5 heteroatoms. The Balaban J connectivity index is 1.37. The molecule has 21 heavy (non-hydrogen) atoms. The van der Waals surface area contributed by atoms with E-state index in [1.165, 1.54) is 11.1 Å². The molecule has 0 saturated carbocycles. The van der Waals surface area contributed by atoms with Gasteiger partial charge < -0.3 is 24.3 Å². The first-order valence-corrected chi connectivity index (χ1v) is 6.86. The summed E-state index contributed by atoms with van der Waals surface area (Å²) in [5.41, 5.74) is 2.33. The first-order chi connectivity index (χ1) is 10.4. The minimum absolute atomic E-state index is 0.309. The zero-order valence-corrected chi connectivity index (χ0v) is 11.4. The van der Waals surface area contributed by atoms with Gasteiger partial charge in [0, 0.05) is 13.1 Å². The fourth-order valence-electron chi connectivity index (χ4n) is 2.45. The summed E-state index contributed by atoms with van der Waals surface area (Å²) in [5, 5.41) is 3.41. The van der Waals surface area contributed by atoms with Crippen LogP contribution in [0.5, 0.6) is 23.0 Å². The molecule has 2 aliphatic rings. The molecule has 2 aromatic rings. The molecule has 0 amide bonds. The molecular formula is C16H15NO4. The second-order valence-electron chi connectivity index (χ2n) is 4.98. The van der Waals surface area contributed by atoms with Crippen molar-refractivity contribution in [2.45, 2.75) is 13.1 Å². The summed E-state index contributed by atoms with van der Waals surface area (Å²) in [4.78, 5) is 0. The average molecular weight is 285 g/mol. The normalized spacial score (nSPS) is 14.5. The highest BCUT2D eigenvalue weighted by Gasteiger charge is 2.14. The average Bonchev–Trinajstić information content (AvgIpc) is 3.14. The number of fused-ring (bicyclic) bond motifs is 2. The molecule has 5 nitrogen and oxygen atoms in total. The van der Waals surface area contributed by atoms with Crippen molar-refractivity contribution in [2.24, 2.45) is 0 Å². The molecule has 0 aromatic heterocycles. The maximum absolute atomic E-state index is 5.37. The minimum atomic E-state index is 0.309. The van der Waals surface area contributed by atoms with Gasteiger partial charge in [0.1, 0.15) is 0 Å². The minimum Gasteiger partial charge on any atom is -0.454 e. The van der Waals surface area contributed by atoms with Crippen LogP contribution in [0.15, 0.2) is 36.4 Å². The van der Waals surface area contributed by atoms with Crippen LogP contribution in [0.25, 0.3) is 0 Å². The van der Waals surface area contributed by atoms with E-state index >= 15 is 0 Å². The van der Waals surface area contributed by atoms with Crippen LogP contribution in [0.4, 0.5) is 0 Å². The molecule has 0 aliphatic carbocycles. The number of hydrogen-bond donors (Lipinski definition) is 1. The van der Waals surface area contributed by atoms with E-state index in [-0.39, 0.29) is 0 Å². The molecule has 4 rings (SSSR count). The van der Waals surface area contributed by atoms with Crippen molar-refractivity contribution in [2.75, 3.05) is 13.6 Å². The third-order valence-corrected chi connectivity index (χ3v) is 3.53. The molecule has 2 aliphatic heterocycles. The van der Waals surface area contributed by atoms with Crippen molar-refractivity contribution in [3.05, 3.63) is 47.5 Å². The Bertz CT molecular complexity index is 614. The topological polar surface area (TPSA) is 49.0 Å². The lowest BCUT2D eigenvalue weighted by Gasteiger charge is -2.07. The summed E-state index contributed by atoms with van der Waals surface area (Å²) >= 11 is 0. The second-order valence-corrected chi connectivity index (χ2v) is 4.98. The summed E-state index contributed by atoms with van der Waals surface area (Å²) < 4.78 is 21.4. The molecule has 0 fully saturated rings. The van der Waals surface area contributed by atoms with Gasteiger partial charge in [0.05, 0.1) is 0 Å². The van der Waals surface area contributed by atoms with E-state index in [4.69, 9.17) is 18.9 Å². The summed E-state index contributed by atoms with van der Waals surface area (Å²) in [6.07, 6.45) is 0. The quantitative estimate of drug-likeness (QED) is 0.935. The van der Waals surface area contributed by atoms with E-state index < -0.39 is 0 Å². The second kappa shape index (κ2) is 5.18. The number of hydrogen-bond acceptors (Lipinski definition) is 5. The zero-order chi connectivity index (χ0) is 14.1. The van der Waals surface area contributed by atoms with Crippen LogP contribution in [-0.4, -0.2) is 13.6 Å². The van der Waals surface area contributed by atoms with Crippen molar-refractivity contribution in [3.63, 3.8) is 0 Å². The van der Waals surface area contributed by atoms with Crippen molar-refractivity contribution < 1.29 is 18.9 Å². The molecule has 0 saturated heterocycles. The fraction of sp³-hybridized carbons (Fsp3) is 0.250. The van der Waals surface area contributed by atoms with Crippen LogP contribution in [-0.2, 0) is 13.1 Å². The predicted octanol–water partition coefficient (Wildman–Crippen LogP) is 2.43. The summed E-state index contributed by atoms with van der Waals surface area (Å²) in [5.74, 6) is 3.26. The van der Waals surface area contributed by atoms with Crippen LogP contribution in [0.1, 0.15) is 11.1 Å². The number of nitrogens with one attached hydrogen (secondary N) is 1. The lowest BCUT2D eigenvalue weighted by molar-refractivity contribution is 0.173. The van der Waals surface area contributed by atoms with Gasteiger partial charge in [-0.1, -0.05) is 12.1 Å². The Morgan fingerprint density at radius 2 is 1.14 bits per heavy atom. The van der Waals surface area contributed by atoms with E-state index in [2.05, 4.69) is 5.32 Å². The molecule has 2 aromatic carbocycles. The Morgan fingerprint density at radius 3 is 1.67 bits per heavy atom. The van der Waals surface area contributed by atoms with Gasteiger partial charge in [-0.25, -0.2) is 0 Å². The largest absolute Gasteiger partial charge is 0.454 e. The van der Waals surface area contributed by atoms with Gasteiger partial charge in [0.25, 0.3) is 0 Å². The zero-order valence-electron chi connectivity index (χ0n) is 11.4. The molecular weight excluding hydrogens is 270 g/mol. The van der Waals surface area contributed by atoms with Crippen LogP contribution in [0, 0.1) is 0 Å². The molecule has 108 valence electrons. The molecule has 0 atom stereocenters. The van der Waals surface area contributed by atoms with Gasteiger partial charge in [0.2, 0.25) is 13.6 Å². The van der Waals surface area contributed by atoms with Gasteiger partial charge in [0.15, 0.2) is 23.0 Å². The van der Waals surface area contributed by atoms with Crippen LogP contribution >= 0.6 is 0 Å². The highest BCUT2D eigenvalue weighted by molar-refractivity contribution is 5.45. The smallest absolute Gasteiger partial charge is 0.231 e.